The summed E-state index contributed by atoms with van der Waals surface area (Å²) in [5.41, 5.74) is 6.76. The van der Waals surface area contributed by atoms with Gasteiger partial charge >= 0.3 is 0 Å². The molecule has 2 rings (SSSR count). The predicted molar refractivity (Wildman–Crippen MR) is 81.9 cm³/mol. The van der Waals surface area contributed by atoms with Gasteiger partial charge in [-0.05, 0) is 55.7 Å². The number of hydrogen-bond donors (Lipinski definition) is 2. The van der Waals surface area contributed by atoms with E-state index in [9.17, 15) is 12.8 Å². The van der Waals surface area contributed by atoms with Crippen molar-refractivity contribution in [3.8, 4) is 0 Å². The number of aryl methyl sites for hydroxylation is 1. The van der Waals surface area contributed by atoms with Gasteiger partial charge in [0, 0.05) is 11.7 Å². The highest BCUT2D eigenvalue weighted by Crippen LogP contribution is 2.35. The molecule has 1 fully saturated rings. The van der Waals surface area contributed by atoms with E-state index in [-0.39, 0.29) is 22.0 Å². The van der Waals surface area contributed by atoms with Gasteiger partial charge < -0.3 is 5.73 Å². The van der Waals surface area contributed by atoms with Crippen LogP contribution in [0.5, 0.6) is 0 Å². The van der Waals surface area contributed by atoms with Crippen molar-refractivity contribution in [1.29, 1.82) is 0 Å². The fourth-order valence-electron chi connectivity index (χ4n) is 2.67. The van der Waals surface area contributed by atoms with Gasteiger partial charge in [0.15, 0.2) is 0 Å². The molecule has 1 aromatic rings. The number of hydrogen-bond acceptors (Lipinski definition) is 3. The minimum Gasteiger partial charge on any atom is -0.398 e. The number of rotatable bonds is 3. The van der Waals surface area contributed by atoms with E-state index in [0.717, 1.165) is 31.7 Å². The molecule has 0 atom stereocenters. The average Bonchev–Trinajstić information content (AvgIpc) is 2.36. The molecular weight excluding hydrogens is 291 g/mol. The first-order chi connectivity index (χ1) is 9.61. The molecule has 1 saturated carbocycles. The standard InChI is InChI=1S/C15H23FN2O2S/c1-10-8-12(16)14(9-13(10)17)21(19,20)18-11-4-6-15(2,3)7-5-11/h8-9,11,18H,4-7,17H2,1-3H3. The lowest BCUT2D eigenvalue weighted by Crippen LogP contribution is -2.39. The Kier molecular flexibility index (Phi) is 4.31. The van der Waals surface area contributed by atoms with E-state index in [1.54, 1.807) is 6.92 Å². The summed E-state index contributed by atoms with van der Waals surface area (Å²) >= 11 is 0. The van der Waals surface area contributed by atoms with Crippen LogP contribution in [0.15, 0.2) is 17.0 Å². The van der Waals surface area contributed by atoms with Crippen LogP contribution in [0.25, 0.3) is 0 Å². The van der Waals surface area contributed by atoms with Gasteiger partial charge in [0.1, 0.15) is 10.7 Å². The molecule has 118 valence electrons. The van der Waals surface area contributed by atoms with Crippen molar-refractivity contribution in [1.82, 2.24) is 4.72 Å². The molecule has 4 nitrogen and oxygen atoms in total. The number of halogens is 1. The summed E-state index contributed by atoms with van der Waals surface area (Å²) in [7, 11) is -3.87. The normalized spacial score (nSPS) is 19.6. The first kappa shape index (κ1) is 16.2. The minimum atomic E-state index is -3.87. The second kappa shape index (κ2) is 5.57. The van der Waals surface area contributed by atoms with E-state index >= 15 is 0 Å². The first-order valence-corrected chi connectivity index (χ1v) is 8.67. The molecule has 1 aromatic carbocycles. The summed E-state index contributed by atoms with van der Waals surface area (Å²) in [4.78, 5) is -0.365. The van der Waals surface area contributed by atoms with Crippen molar-refractivity contribution in [2.24, 2.45) is 5.41 Å². The molecule has 0 radical (unpaired) electrons. The van der Waals surface area contributed by atoms with Crippen LogP contribution >= 0.6 is 0 Å². The summed E-state index contributed by atoms with van der Waals surface area (Å²) in [5, 5.41) is 0. The smallest absolute Gasteiger partial charge is 0.243 e. The van der Waals surface area contributed by atoms with Crippen LogP contribution in [-0.2, 0) is 10.0 Å². The third-order valence-electron chi connectivity index (χ3n) is 4.27. The second-order valence-electron chi connectivity index (χ2n) is 6.70. The Morgan fingerprint density at radius 3 is 2.43 bits per heavy atom. The van der Waals surface area contributed by atoms with E-state index in [1.165, 1.54) is 6.07 Å². The maximum absolute atomic E-state index is 13.9. The Morgan fingerprint density at radius 2 is 1.86 bits per heavy atom. The molecule has 1 aliphatic rings. The van der Waals surface area contributed by atoms with Crippen molar-refractivity contribution in [2.45, 2.75) is 57.4 Å². The Labute approximate surface area is 126 Å². The van der Waals surface area contributed by atoms with E-state index in [2.05, 4.69) is 18.6 Å². The summed E-state index contributed by atoms with van der Waals surface area (Å²) in [5.74, 6) is -0.759. The van der Waals surface area contributed by atoms with Crippen LogP contribution in [0.4, 0.5) is 10.1 Å². The molecule has 0 aromatic heterocycles. The van der Waals surface area contributed by atoms with Gasteiger partial charge in [0.25, 0.3) is 0 Å². The largest absolute Gasteiger partial charge is 0.398 e. The lowest BCUT2D eigenvalue weighted by molar-refractivity contribution is 0.218. The van der Waals surface area contributed by atoms with Crippen LogP contribution in [0, 0.1) is 18.2 Å². The lowest BCUT2D eigenvalue weighted by Gasteiger charge is -2.34. The summed E-state index contributed by atoms with van der Waals surface area (Å²) in [6.45, 7) is 6.00. The van der Waals surface area contributed by atoms with Gasteiger partial charge in [0.05, 0.1) is 0 Å². The molecule has 0 saturated heterocycles. The summed E-state index contributed by atoms with van der Waals surface area (Å²) in [6.07, 6.45) is 3.46. The highest BCUT2D eigenvalue weighted by atomic mass is 32.2. The van der Waals surface area contributed by atoms with Gasteiger partial charge in [-0.15, -0.1) is 0 Å². The average molecular weight is 314 g/mol. The zero-order chi connectivity index (χ0) is 15.8. The molecule has 6 heteroatoms. The van der Waals surface area contributed by atoms with Gasteiger partial charge in [-0.2, -0.15) is 0 Å². The molecule has 21 heavy (non-hydrogen) atoms. The van der Waals surface area contributed by atoms with Crippen molar-refractivity contribution in [2.75, 3.05) is 5.73 Å². The van der Waals surface area contributed by atoms with E-state index < -0.39 is 15.8 Å². The van der Waals surface area contributed by atoms with Gasteiger partial charge in [-0.3, -0.25) is 0 Å². The molecule has 0 amide bonds. The topological polar surface area (TPSA) is 72.2 Å². The van der Waals surface area contributed by atoms with Gasteiger partial charge in [-0.25, -0.2) is 17.5 Å². The third-order valence-corrected chi connectivity index (χ3v) is 5.81. The highest BCUT2D eigenvalue weighted by Gasteiger charge is 2.30. The Hall–Kier alpha value is -1.14. The molecule has 0 bridgehead atoms. The first-order valence-electron chi connectivity index (χ1n) is 7.19. The number of nitrogens with two attached hydrogens (primary N) is 1. The number of benzene rings is 1. The fraction of sp³-hybridized carbons (Fsp3) is 0.600. The highest BCUT2D eigenvalue weighted by molar-refractivity contribution is 7.89. The maximum Gasteiger partial charge on any atom is 0.243 e. The number of sulfonamides is 1. The predicted octanol–water partition coefficient (Wildman–Crippen LogP) is 2.96. The van der Waals surface area contributed by atoms with Crippen LogP contribution in [0.1, 0.15) is 45.1 Å². The molecular formula is C15H23FN2O2S. The SMILES string of the molecule is Cc1cc(F)c(S(=O)(=O)NC2CCC(C)(C)CC2)cc1N. The quantitative estimate of drug-likeness (QED) is 0.843. The Balaban J connectivity index is 2.18. The van der Waals surface area contributed by atoms with Crippen LogP contribution in [-0.4, -0.2) is 14.5 Å². The van der Waals surface area contributed by atoms with Crippen LogP contribution in [0.2, 0.25) is 0 Å². The Bertz CT molecular complexity index is 631. The molecule has 0 spiro atoms. The van der Waals surface area contributed by atoms with E-state index in [4.69, 9.17) is 5.73 Å². The van der Waals surface area contributed by atoms with Crippen molar-refractivity contribution in [3.05, 3.63) is 23.5 Å². The number of nitrogen functional groups attached to an aromatic ring is 1. The van der Waals surface area contributed by atoms with Crippen molar-refractivity contribution in [3.63, 3.8) is 0 Å². The third kappa shape index (κ3) is 3.74. The van der Waals surface area contributed by atoms with E-state index in [0.29, 0.717) is 5.56 Å². The van der Waals surface area contributed by atoms with Gasteiger partial charge in [0.2, 0.25) is 10.0 Å². The van der Waals surface area contributed by atoms with Crippen LogP contribution in [0.3, 0.4) is 0 Å². The lowest BCUT2D eigenvalue weighted by atomic mass is 9.76. The minimum absolute atomic E-state index is 0.134. The van der Waals surface area contributed by atoms with Crippen LogP contribution < -0.4 is 10.5 Å². The fourth-order valence-corrected chi connectivity index (χ4v) is 4.07. The second-order valence-corrected chi connectivity index (χ2v) is 8.38. The monoisotopic (exact) mass is 314 g/mol. The summed E-state index contributed by atoms with van der Waals surface area (Å²) < 4.78 is 41.2. The molecule has 1 aliphatic carbocycles. The maximum atomic E-state index is 13.9. The zero-order valence-corrected chi connectivity index (χ0v) is 13.6. The summed E-state index contributed by atoms with van der Waals surface area (Å²) in [6, 6.07) is 2.22. The van der Waals surface area contributed by atoms with E-state index in [1.807, 2.05) is 0 Å². The molecule has 0 unspecified atom stereocenters. The zero-order valence-electron chi connectivity index (χ0n) is 12.7. The molecule has 3 N–H and O–H groups in total. The number of anilines is 1. The van der Waals surface area contributed by atoms with Crippen molar-refractivity contribution < 1.29 is 12.8 Å². The Morgan fingerprint density at radius 1 is 1.29 bits per heavy atom. The van der Waals surface area contributed by atoms with Gasteiger partial charge in [-0.1, -0.05) is 13.8 Å². The number of nitrogens with one attached hydrogen (secondary N) is 1. The molecule has 0 aliphatic heterocycles. The van der Waals surface area contributed by atoms with Crippen molar-refractivity contribution >= 4 is 15.7 Å². The molecule has 0 heterocycles.